The third-order valence-corrected chi connectivity index (χ3v) is 5.71. The first-order valence-corrected chi connectivity index (χ1v) is 11.1. The number of carbonyl (C=O) groups excluding carboxylic acids is 2. The second-order valence-electron chi connectivity index (χ2n) is 7.71. The number of hydrogen-bond donors (Lipinski definition) is 3. The monoisotopic (exact) mass is 502 g/mol. The van der Waals surface area contributed by atoms with E-state index < -0.39 is 30.0 Å². The van der Waals surface area contributed by atoms with Crippen molar-refractivity contribution in [1.82, 2.24) is 15.2 Å². The maximum atomic E-state index is 13.6. The van der Waals surface area contributed by atoms with Crippen LogP contribution < -0.4 is 10.6 Å². The van der Waals surface area contributed by atoms with Crippen molar-refractivity contribution in [2.45, 2.75) is 25.4 Å². The second kappa shape index (κ2) is 12.0. The van der Waals surface area contributed by atoms with Crippen molar-refractivity contribution >= 4 is 46.3 Å². The highest BCUT2D eigenvalue weighted by molar-refractivity contribution is 6.31. The zero-order valence-electron chi connectivity index (χ0n) is 18.8. The summed E-state index contributed by atoms with van der Waals surface area (Å²) < 4.78 is 18.9. The number of ether oxygens (including phenoxy) is 1. The summed E-state index contributed by atoms with van der Waals surface area (Å²) in [4.78, 5) is 41.4. The van der Waals surface area contributed by atoms with Crippen LogP contribution in [-0.4, -0.2) is 52.8 Å². The maximum absolute atomic E-state index is 13.6. The number of likely N-dealkylation sites (N-methyl/N-ethyl adjacent to an activating group) is 1. The molecule has 9 nitrogen and oxygen atoms in total. The molecule has 1 atom stereocenters. The van der Waals surface area contributed by atoms with E-state index in [4.69, 9.17) is 21.4 Å². The van der Waals surface area contributed by atoms with Crippen LogP contribution in [0.5, 0.6) is 0 Å². The molecule has 0 spiro atoms. The minimum Gasteiger partial charge on any atom is -0.481 e. The number of aliphatic carboxylic acids is 1. The van der Waals surface area contributed by atoms with Gasteiger partial charge in [0.1, 0.15) is 18.2 Å². The van der Waals surface area contributed by atoms with Gasteiger partial charge in [0.2, 0.25) is 0 Å². The molecule has 0 saturated heterocycles. The van der Waals surface area contributed by atoms with Crippen molar-refractivity contribution in [3.8, 4) is 0 Å². The molecule has 1 aromatic heterocycles. The van der Waals surface area contributed by atoms with Gasteiger partial charge in [-0.25, -0.2) is 19.0 Å². The van der Waals surface area contributed by atoms with Gasteiger partial charge in [-0.15, -0.1) is 0 Å². The number of rotatable bonds is 9. The number of carbonyl (C=O) groups is 3. The molecule has 0 aliphatic rings. The first kappa shape index (κ1) is 25.7. The Morgan fingerprint density at radius 2 is 1.91 bits per heavy atom. The minimum atomic E-state index is -1.06. The van der Waals surface area contributed by atoms with Gasteiger partial charge >= 0.3 is 18.1 Å². The number of nitrogens with zero attached hydrogens (tertiary/aromatic N) is 2. The van der Waals surface area contributed by atoms with E-state index in [0.717, 1.165) is 10.8 Å². The fourth-order valence-corrected chi connectivity index (χ4v) is 3.48. The number of hydrogen-bond acceptors (Lipinski definition) is 5. The molecule has 0 saturated carbocycles. The molecule has 0 aliphatic heterocycles. The van der Waals surface area contributed by atoms with Crippen molar-refractivity contribution in [2.24, 2.45) is 0 Å². The topological polar surface area (TPSA) is 121 Å². The molecule has 2 aromatic carbocycles. The van der Waals surface area contributed by atoms with Crippen LogP contribution in [0.2, 0.25) is 5.02 Å². The number of nitrogens with one attached hydrogen (secondary N) is 2. The van der Waals surface area contributed by atoms with Crippen LogP contribution in [0.4, 0.5) is 19.8 Å². The van der Waals surface area contributed by atoms with Crippen LogP contribution in [0, 0.1) is 5.82 Å². The molecular weight excluding hydrogens is 479 g/mol. The quantitative estimate of drug-likeness (QED) is 0.391. The first-order valence-electron chi connectivity index (χ1n) is 10.7. The number of benzene rings is 2. The van der Waals surface area contributed by atoms with Gasteiger partial charge in [-0.1, -0.05) is 48.0 Å². The van der Waals surface area contributed by atoms with Gasteiger partial charge in [-0.05, 0) is 29.5 Å². The highest BCUT2D eigenvalue weighted by atomic mass is 35.5. The van der Waals surface area contributed by atoms with E-state index in [-0.39, 0.29) is 36.8 Å². The molecule has 0 bridgehead atoms. The summed E-state index contributed by atoms with van der Waals surface area (Å²) >= 11 is 5.91. The van der Waals surface area contributed by atoms with E-state index in [0.29, 0.717) is 5.56 Å². The van der Waals surface area contributed by atoms with E-state index in [1.165, 1.54) is 24.1 Å². The highest BCUT2D eigenvalue weighted by Gasteiger charge is 2.23. The molecule has 184 valence electrons. The summed E-state index contributed by atoms with van der Waals surface area (Å²) in [6.45, 7) is -0.294. The Hall–Kier alpha value is -3.92. The Bertz CT molecular complexity index is 1230. The summed E-state index contributed by atoms with van der Waals surface area (Å²) in [7, 11) is 1.45. The second-order valence-corrected chi connectivity index (χ2v) is 8.09. The van der Waals surface area contributed by atoms with Crippen LogP contribution in [0.3, 0.4) is 0 Å². The van der Waals surface area contributed by atoms with Gasteiger partial charge in [0.05, 0.1) is 11.1 Å². The molecule has 35 heavy (non-hydrogen) atoms. The number of carboxylic acids is 1. The molecule has 3 rings (SSSR count). The summed E-state index contributed by atoms with van der Waals surface area (Å²) in [5.74, 6) is -1.37. The molecule has 0 radical (unpaired) electrons. The van der Waals surface area contributed by atoms with Gasteiger partial charge < -0.3 is 20.1 Å². The SMILES string of the molecule is CN(C(=O)NCc1cccc(F)c1Cl)[C@@H](CCC(=O)O)COC(=O)Nc1cc2ccccc2cn1. The van der Waals surface area contributed by atoms with E-state index in [1.807, 2.05) is 24.3 Å². The number of pyridine rings is 1. The Morgan fingerprint density at radius 1 is 1.17 bits per heavy atom. The predicted octanol–water partition coefficient (Wildman–Crippen LogP) is 4.65. The molecule has 0 unspecified atom stereocenters. The molecule has 3 N–H and O–H groups in total. The smallest absolute Gasteiger partial charge is 0.412 e. The molecule has 0 aliphatic carbocycles. The van der Waals surface area contributed by atoms with Crippen LogP contribution in [0.1, 0.15) is 18.4 Å². The molecule has 3 amide bonds. The Kier molecular flexibility index (Phi) is 8.80. The minimum absolute atomic E-state index is 0.0413. The number of anilines is 1. The number of carboxylic acid groups (broad SMARTS) is 1. The van der Waals surface area contributed by atoms with Crippen molar-refractivity contribution in [2.75, 3.05) is 19.0 Å². The lowest BCUT2D eigenvalue weighted by molar-refractivity contribution is -0.137. The fourth-order valence-electron chi connectivity index (χ4n) is 3.29. The van der Waals surface area contributed by atoms with E-state index in [2.05, 4.69) is 15.6 Å². The summed E-state index contributed by atoms with van der Waals surface area (Å²) in [6, 6.07) is 12.1. The Balaban J connectivity index is 1.58. The van der Waals surface area contributed by atoms with Crippen LogP contribution in [0.15, 0.2) is 54.7 Å². The number of aromatic nitrogens is 1. The third kappa shape index (κ3) is 7.28. The largest absolute Gasteiger partial charge is 0.481 e. The summed E-state index contributed by atoms with van der Waals surface area (Å²) in [5, 5.41) is 15.9. The standard InChI is InChI=1S/C24H24ClFN4O5/c1-30(23(33)28-13-17-7-4-8-19(26)22(17)25)18(9-10-21(31)32)14-35-24(34)29-20-11-15-5-2-3-6-16(15)12-27-20/h2-8,11-12,18H,9-10,13-14H2,1H3,(H,28,33)(H,31,32)(H,27,29,34)/t18-/m0/s1. The van der Waals surface area contributed by atoms with E-state index >= 15 is 0 Å². The number of urea groups is 1. The van der Waals surface area contributed by atoms with Gasteiger partial charge in [0.15, 0.2) is 0 Å². The molecule has 0 fully saturated rings. The number of amides is 3. The van der Waals surface area contributed by atoms with Crippen LogP contribution in [0.25, 0.3) is 10.8 Å². The van der Waals surface area contributed by atoms with Crippen molar-refractivity contribution < 1.29 is 28.6 Å². The average molecular weight is 503 g/mol. The molecular formula is C24H24ClFN4O5. The van der Waals surface area contributed by atoms with Crippen LogP contribution in [-0.2, 0) is 16.1 Å². The fraction of sp³-hybridized carbons (Fsp3) is 0.250. The lowest BCUT2D eigenvalue weighted by Crippen LogP contribution is -2.46. The van der Waals surface area contributed by atoms with Gasteiger partial charge in [0.25, 0.3) is 0 Å². The summed E-state index contributed by atoms with van der Waals surface area (Å²) in [5.41, 5.74) is 0.383. The van der Waals surface area contributed by atoms with Gasteiger partial charge in [-0.2, -0.15) is 0 Å². The molecule has 3 aromatic rings. The number of fused-ring (bicyclic) bond motifs is 1. The maximum Gasteiger partial charge on any atom is 0.412 e. The summed E-state index contributed by atoms with van der Waals surface area (Å²) in [6.07, 6.45) is 0.619. The highest BCUT2D eigenvalue weighted by Crippen LogP contribution is 2.20. The lowest BCUT2D eigenvalue weighted by Gasteiger charge is -2.28. The predicted molar refractivity (Wildman–Crippen MR) is 129 cm³/mol. The van der Waals surface area contributed by atoms with Gasteiger partial charge in [-0.3, -0.25) is 10.1 Å². The average Bonchev–Trinajstić information content (AvgIpc) is 2.84. The van der Waals surface area contributed by atoms with E-state index in [9.17, 15) is 18.8 Å². The Morgan fingerprint density at radius 3 is 2.66 bits per heavy atom. The van der Waals surface area contributed by atoms with Gasteiger partial charge in [0, 0.05) is 31.6 Å². The molecule has 11 heteroatoms. The first-order chi connectivity index (χ1) is 16.7. The Labute approximate surface area is 205 Å². The lowest BCUT2D eigenvalue weighted by atomic mass is 10.1. The van der Waals surface area contributed by atoms with E-state index in [1.54, 1.807) is 18.3 Å². The zero-order chi connectivity index (χ0) is 25.4. The number of halogens is 2. The van der Waals surface area contributed by atoms with Crippen molar-refractivity contribution in [1.29, 1.82) is 0 Å². The molecule has 1 heterocycles. The zero-order valence-corrected chi connectivity index (χ0v) is 19.6. The third-order valence-electron chi connectivity index (χ3n) is 5.29. The van der Waals surface area contributed by atoms with Crippen LogP contribution >= 0.6 is 11.6 Å². The van der Waals surface area contributed by atoms with Crippen molar-refractivity contribution in [3.63, 3.8) is 0 Å². The normalized spacial score (nSPS) is 11.5. The van der Waals surface area contributed by atoms with Crippen molar-refractivity contribution in [3.05, 3.63) is 71.1 Å².